The van der Waals surface area contributed by atoms with Crippen LogP contribution in [0.5, 0.6) is 11.5 Å². The van der Waals surface area contributed by atoms with Crippen molar-refractivity contribution in [3.63, 3.8) is 0 Å². The van der Waals surface area contributed by atoms with Gasteiger partial charge in [-0.05, 0) is 43.7 Å². The zero-order valence-electron chi connectivity index (χ0n) is 16.6. The maximum Gasteiger partial charge on any atom is 0.254 e. The fourth-order valence-corrected chi connectivity index (χ4v) is 2.94. The summed E-state index contributed by atoms with van der Waals surface area (Å²) in [5, 5.41) is 8.14. The number of aryl methyl sites for hydroxylation is 2. The number of carbonyl (C=O) groups excluding carboxylic acids is 1. The van der Waals surface area contributed by atoms with Gasteiger partial charge in [0, 0.05) is 18.2 Å². The molecule has 3 rings (SSSR count). The highest BCUT2D eigenvalue weighted by Crippen LogP contribution is 2.31. The predicted molar refractivity (Wildman–Crippen MR) is 105 cm³/mol. The molecule has 0 bridgehead atoms. The Kier molecular flexibility index (Phi) is 5.63. The average molecular weight is 381 g/mol. The van der Waals surface area contributed by atoms with Crippen molar-refractivity contribution in [3.05, 3.63) is 59.0 Å². The highest BCUT2D eigenvalue weighted by atomic mass is 16.5. The lowest BCUT2D eigenvalue weighted by Gasteiger charge is -2.16. The van der Waals surface area contributed by atoms with Gasteiger partial charge in [0.15, 0.2) is 11.5 Å². The normalized spacial score (nSPS) is 10.6. The smallest absolute Gasteiger partial charge is 0.254 e. The number of ether oxygens (including phenoxy) is 2. The molecule has 0 unspecified atom stereocenters. The number of nitrogens with zero attached hydrogens (tertiary/aromatic N) is 3. The van der Waals surface area contributed by atoms with E-state index in [0.717, 1.165) is 11.1 Å². The summed E-state index contributed by atoms with van der Waals surface area (Å²) in [6.07, 6.45) is 0. The van der Waals surface area contributed by atoms with E-state index in [1.54, 1.807) is 38.3 Å². The van der Waals surface area contributed by atoms with Crippen molar-refractivity contribution in [2.24, 2.45) is 0 Å². The Morgan fingerprint density at radius 3 is 2.46 bits per heavy atom. The highest BCUT2D eigenvalue weighted by molar-refractivity contribution is 5.95. The first-order chi connectivity index (χ1) is 13.4. The molecule has 0 N–H and O–H groups in total. The molecule has 3 aromatic rings. The second-order valence-electron chi connectivity index (χ2n) is 6.55. The van der Waals surface area contributed by atoms with Crippen molar-refractivity contribution in [3.8, 4) is 23.0 Å². The van der Waals surface area contributed by atoms with Crippen LogP contribution in [0.15, 0.2) is 40.8 Å². The van der Waals surface area contributed by atoms with Gasteiger partial charge in [-0.15, -0.1) is 10.2 Å². The average Bonchev–Trinajstić information content (AvgIpc) is 3.15. The molecule has 28 heavy (non-hydrogen) atoms. The third kappa shape index (κ3) is 3.98. The molecule has 1 heterocycles. The van der Waals surface area contributed by atoms with Crippen LogP contribution in [-0.2, 0) is 6.54 Å². The zero-order chi connectivity index (χ0) is 20.3. The van der Waals surface area contributed by atoms with Crippen LogP contribution in [0, 0.1) is 13.8 Å². The number of methoxy groups -OCH3 is 2. The van der Waals surface area contributed by atoms with Gasteiger partial charge >= 0.3 is 0 Å². The van der Waals surface area contributed by atoms with Crippen LogP contribution in [0.2, 0.25) is 0 Å². The largest absolute Gasteiger partial charge is 0.493 e. The highest BCUT2D eigenvalue weighted by Gasteiger charge is 2.18. The lowest BCUT2D eigenvalue weighted by Crippen LogP contribution is -2.27. The first-order valence-electron chi connectivity index (χ1n) is 8.80. The molecule has 1 aromatic heterocycles. The second kappa shape index (κ2) is 8.12. The van der Waals surface area contributed by atoms with Gasteiger partial charge in [-0.3, -0.25) is 4.79 Å². The zero-order valence-corrected chi connectivity index (χ0v) is 16.6. The lowest BCUT2D eigenvalue weighted by atomic mass is 10.0. The molecule has 0 atom stereocenters. The summed E-state index contributed by atoms with van der Waals surface area (Å²) in [7, 11) is 4.85. The molecule has 1 amide bonds. The molecule has 0 aliphatic carbocycles. The molecule has 7 nitrogen and oxygen atoms in total. The molecule has 7 heteroatoms. The fraction of sp³-hybridized carbons (Fsp3) is 0.286. The van der Waals surface area contributed by atoms with Crippen molar-refractivity contribution in [2.45, 2.75) is 20.4 Å². The van der Waals surface area contributed by atoms with Gasteiger partial charge in [-0.1, -0.05) is 17.7 Å². The van der Waals surface area contributed by atoms with Crippen LogP contribution in [0.3, 0.4) is 0 Å². The van der Waals surface area contributed by atoms with Crippen LogP contribution in [0.1, 0.15) is 27.4 Å². The molecule has 0 aliphatic heterocycles. The van der Waals surface area contributed by atoms with Crippen LogP contribution < -0.4 is 9.47 Å². The number of hydrogen-bond donors (Lipinski definition) is 0. The minimum absolute atomic E-state index is 0.0941. The van der Waals surface area contributed by atoms with Gasteiger partial charge in [-0.25, -0.2) is 0 Å². The number of aromatic nitrogens is 2. The van der Waals surface area contributed by atoms with Gasteiger partial charge in [0.25, 0.3) is 5.91 Å². The number of hydrogen-bond acceptors (Lipinski definition) is 6. The molecular weight excluding hydrogens is 358 g/mol. The van der Waals surface area contributed by atoms with Gasteiger partial charge in [0.2, 0.25) is 11.8 Å². The maximum atomic E-state index is 12.7. The van der Waals surface area contributed by atoms with Crippen LogP contribution in [0.25, 0.3) is 11.5 Å². The topological polar surface area (TPSA) is 77.7 Å². The standard InChI is InChI=1S/C21H23N3O4/c1-13-6-8-16(14(2)10-13)21(25)24(3)12-19-22-23-20(28-19)15-7-9-17(26-4)18(11-15)27-5/h6-11H,12H2,1-5H3. The third-order valence-corrected chi connectivity index (χ3v) is 4.43. The Balaban J connectivity index is 1.76. The van der Waals surface area contributed by atoms with E-state index in [0.29, 0.717) is 34.4 Å². The summed E-state index contributed by atoms with van der Waals surface area (Å²) in [5.74, 6) is 1.80. The Bertz CT molecular complexity index is 997. The van der Waals surface area contributed by atoms with Crippen molar-refractivity contribution < 1.29 is 18.7 Å². The molecule has 0 spiro atoms. The van der Waals surface area contributed by atoms with Crippen molar-refractivity contribution in [1.29, 1.82) is 0 Å². The van der Waals surface area contributed by atoms with Crippen molar-refractivity contribution >= 4 is 5.91 Å². The van der Waals surface area contributed by atoms with Crippen LogP contribution in [-0.4, -0.2) is 42.3 Å². The van der Waals surface area contributed by atoms with E-state index in [4.69, 9.17) is 13.9 Å². The summed E-state index contributed by atoms with van der Waals surface area (Å²) in [6, 6.07) is 11.1. The Hall–Kier alpha value is -3.35. The molecule has 0 aliphatic rings. The SMILES string of the molecule is COc1ccc(-c2nnc(CN(C)C(=O)c3ccc(C)cc3C)o2)cc1OC. The van der Waals surface area contributed by atoms with Crippen molar-refractivity contribution in [2.75, 3.05) is 21.3 Å². The Labute approximate surface area is 163 Å². The molecule has 0 saturated heterocycles. The minimum atomic E-state index is -0.0941. The van der Waals surface area contributed by atoms with E-state index in [1.807, 2.05) is 38.1 Å². The monoisotopic (exact) mass is 381 g/mol. The summed E-state index contributed by atoms with van der Waals surface area (Å²) < 4.78 is 16.3. The van der Waals surface area contributed by atoms with E-state index < -0.39 is 0 Å². The van der Waals surface area contributed by atoms with Gasteiger partial charge < -0.3 is 18.8 Å². The van der Waals surface area contributed by atoms with E-state index in [1.165, 1.54) is 0 Å². The lowest BCUT2D eigenvalue weighted by molar-refractivity contribution is 0.0772. The van der Waals surface area contributed by atoms with E-state index in [2.05, 4.69) is 10.2 Å². The van der Waals surface area contributed by atoms with Gasteiger partial charge in [0.1, 0.15) is 0 Å². The predicted octanol–water partition coefficient (Wildman–Crippen LogP) is 3.64. The number of carbonyl (C=O) groups is 1. The molecule has 0 radical (unpaired) electrons. The van der Waals surface area contributed by atoms with E-state index >= 15 is 0 Å². The molecular formula is C21H23N3O4. The maximum absolute atomic E-state index is 12.7. The second-order valence-corrected chi connectivity index (χ2v) is 6.55. The third-order valence-electron chi connectivity index (χ3n) is 4.43. The van der Waals surface area contributed by atoms with Gasteiger partial charge in [-0.2, -0.15) is 0 Å². The number of amides is 1. The molecule has 2 aromatic carbocycles. The van der Waals surface area contributed by atoms with Gasteiger partial charge in [0.05, 0.1) is 20.8 Å². The van der Waals surface area contributed by atoms with E-state index in [9.17, 15) is 4.79 Å². The first-order valence-corrected chi connectivity index (χ1v) is 8.80. The summed E-state index contributed by atoms with van der Waals surface area (Å²) in [5.41, 5.74) is 3.43. The molecule has 0 saturated carbocycles. The summed E-state index contributed by atoms with van der Waals surface area (Å²) in [4.78, 5) is 14.3. The quantitative estimate of drug-likeness (QED) is 0.649. The summed E-state index contributed by atoms with van der Waals surface area (Å²) >= 11 is 0. The minimum Gasteiger partial charge on any atom is -0.493 e. The Morgan fingerprint density at radius 2 is 1.79 bits per heavy atom. The first kappa shape index (κ1) is 19.4. The molecule has 146 valence electrons. The van der Waals surface area contributed by atoms with Crippen LogP contribution >= 0.6 is 0 Å². The van der Waals surface area contributed by atoms with Crippen LogP contribution in [0.4, 0.5) is 0 Å². The number of benzene rings is 2. The van der Waals surface area contributed by atoms with E-state index in [-0.39, 0.29) is 12.5 Å². The Morgan fingerprint density at radius 1 is 1.04 bits per heavy atom. The van der Waals surface area contributed by atoms with Crippen molar-refractivity contribution in [1.82, 2.24) is 15.1 Å². The molecule has 0 fully saturated rings. The number of rotatable bonds is 6. The fourth-order valence-electron chi connectivity index (χ4n) is 2.94. The summed E-state index contributed by atoms with van der Waals surface area (Å²) in [6.45, 7) is 4.14.